The molecule has 0 aliphatic rings. The normalized spacial score (nSPS) is 11.9. The van der Waals surface area contributed by atoms with Crippen LogP contribution in [-0.2, 0) is 9.53 Å². The van der Waals surface area contributed by atoms with Gasteiger partial charge in [0.25, 0.3) is 0 Å². The van der Waals surface area contributed by atoms with Crippen molar-refractivity contribution in [3.8, 4) is 0 Å². The number of benzene rings is 1. The summed E-state index contributed by atoms with van der Waals surface area (Å²) in [6, 6.07) is 7.02. The quantitative estimate of drug-likeness (QED) is 0.579. The average Bonchev–Trinajstić information content (AvgIpc) is 2.28. The third kappa shape index (κ3) is 4.02. The molecule has 0 saturated carbocycles. The number of ether oxygens (including phenoxy) is 1. The first-order chi connectivity index (χ1) is 8.04. The highest BCUT2D eigenvalue weighted by atomic mass is 16.5. The molecule has 17 heavy (non-hydrogen) atoms. The van der Waals surface area contributed by atoms with E-state index < -0.39 is 6.10 Å². The number of rotatable bonds is 5. The van der Waals surface area contributed by atoms with Crippen molar-refractivity contribution in [3.63, 3.8) is 0 Å². The van der Waals surface area contributed by atoms with Crippen molar-refractivity contribution < 1.29 is 14.3 Å². The zero-order valence-electron chi connectivity index (χ0n) is 10.2. The van der Waals surface area contributed by atoms with E-state index in [2.05, 4.69) is 6.92 Å². The SMILES string of the molecule is [CH2]C(OC(C)=O)c1ccc(C(=O)CCC)cc1. The maximum Gasteiger partial charge on any atom is 0.303 e. The first-order valence-corrected chi connectivity index (χ1v) is 5.68. The molecule has 1 atom stereocenters. The van der Waals surface area contributed by atoms with Gasteiger partial charge in [0, 0.05) is 18.9 Å². The third-order valence-electron chi connectivity index (χ3n) is 2.39. The zero-order chi connectivity index (χ0) is 12.8. The molecular formula is C14H17O3. The van der Waals surface area contributed by atoms with Gasteiger partial charge in [0.15, 0.2) is 5.78 Å². The molecular weight excluding hydrogens is 216 g/mol. The summed E-state index contributed by atoms with van der Waals surface area (Å²) in [5.41, 5.74) is 1.47. The Morgan fingerprint density at radius 2 is 1.88 bits per heavy atom. The molecule has 3 nitrogen and oxygen atoms in total. The zero-order valence-corrected chi connectivity index (χ0v) is 10.2. The molecule has 1 radical (unpaired) electrons. The minimum atomic E-state index is -0.525. The molecule has 1 unspecified atom stereocenters. The molecule has 0 aliphatic heterocycles. The van der Waals surface area contributed by atoms with Crippen molar-refractivity contribution in [1.29, 1.82) is 0 Å². The van der Waals surface area contributed by atoms with Gasteiger partial charge in [0.05, 0.1) is 0 Å². The summed E-state index contributed by atoms with van der Waals surface area (Å²) in [4.78, 5) is 22.4. The number of carbonyl (C=O) groups excluding carboxylic acids is 2. The van der Waals surface area contributed by atoms with Gasteiger partial charge in [-0.3, -0.25) is 9.59 Å². The van der Waals surface area contributed by atoms with Crippen molar-refractivity contribution in [2.45, 2.75) is 32.8 Å². The van der Waals surface area contributed by atoms with E-state index in [0.29, 0.717) is 12.0 Å². The second-order valence-electron chi connectivity index (χ2n) is 3.89. The van der Waals surface area contributed by atoms with Gasteiger partial charge in [-0.25, -0.2) is 0 Å². The lowest BCUT2D eigenvalue weighted by Gasteiger charge is -2.12. The summed E-state index contributed by atoms with van der Waals surface area (Å²) in [7, 11) is 0. The van der Waals surface area contributed by atoms with Crippen LogP contribution in [-0.4, -0.2) is 11.8 Å². The molecule has 1 aromatic rings. The van der Waals surface area contributed by atoms with Gasteiger partial charge in [0.1, 0.15) is 6.10 Å². The van der Waals surface area contributed by atoms with Crippen LogP contribution >= 0.6 is 0 Å². The van der Waals surface area contributed by atoms with Gasteiger partial charge in [-0.2, -0.15) is 0 Å². The summed E-state index contributed by atoms with van der Waals surface area (Å²) in [6.07, 6.45) is 0.867. The van der Waals surface area contributed by atoms with Crippen molar-refractivity contribution in [2.24, 2.45) is 0 Å². The minimum absolute atomic E-state index is 0.132. The van der Waals surface area contributed by atoms with Crippen molar-refractivity contribution in [1.82, 2.24) is 0 Å². The van der Waals surface area contributed by atoms with Crippen LogP contribution in [0.1, 0.15) is 48.7 Å². The number of hydrogen-bond donors (Lipinski definition) is 0. The van der Waals surface area contributed by atoms with E-state index in [-0.39, 0.29) is 11.8 Å². The molecule has 0 aliphatic carbocycles. The number of carbonyl (C=O) groups is 2. The molecule has 1 rings (SSSR count). The predicted molar refractivity (Wildman–Crippen MR) is 65.5 cm³/mol. The fourth-order valence-electron chi connectivity index (χ4n) is 1.52. The smallest absolute Gasteiger partial charge is 0.303 e. The van der Waals surface area contributed by atoms with Crippen LogP contribution in [0.25, 0.3) is 0 Å². The van der Waals surface area contributed by atoms with Crippen LogP contribution in [0.4, 0.5) is 0 Å². The standard InChI is InChI=1S/C14H17O3/c1-4-5-14(16)13-8-6-12(7-9-13)10(2)17-11(3)15/h6-10H,2,4-5H2,1,3H3. The number of ketones is 1. The second kappa shape index (κ2) is 6.18. The Morgan fingerprint density at radius 1 is 1.29 bits per heavy atom. The predicted octanol–water partition coefficient (Wildman–Crippen LogP) is 3.11. The topological polar surface area (TPSA) is 43.4 Å². The largest absolute Gasteiger partial charge is 0.458 e. The van der Waals surface area contributed by atoms with Crippen molar-refractivity contribution >= 4 is 11.8 Å². The minimum Gasteiger partial charge on any atom is -0.458 e. The summed E-state index contributed by atoms with van der Waals surface area (Å²) < 4.78 is 4.95. The highest BCUT2D eigenvalue weighted by Gasteiger charge is 2.10. The Hall–Kier alpha value is -1.64. The molecule has 0 aromatic heterocycles. The molecule has 91 valence electrons. The van der Waals surface area contributed by atoms with Crippen LogP contribution in [0.15, 0.2) is 24.3 Å². The summed E-state index contributed by atoms with van der Waals surface area (Å²) in [5.74, 6) is -0.233. The summed E-state index contributed by atoms with van der Waals surface area (Å²) in [5, 5.41) is 0. The fraction of sp³-hybridized carbons (Fsp3) is 0.357. The molecule has 0 heterocycles. The number of esters is 1. The Balaban J connectivity index is 2.73. The Labute approximate surface area is 102 Å². The van der Waals surface area contributed by atoms with E-state index in [4.69, 9.17) is 4.74 Å². The maximum atomic E-state index is 11.6. The van der Waals surface area contributed by atoms with Crippen molar-refractivity contribution in [2.75, 3.05) is 0 Å². The van der Waals surface area contributed by atoms with Crippen LogP contribution < -0.4 is 0 Å². The fourth-order valence-corrected chi connectivity index (χ4v) is 1.52. The average molecular weight is 233 g/mol. The summed E-state index contributed by atoms with van der Waals surface area (Å²) in [6.45, 7) is 7.05. The van der Waals surface area contributed by atoms with Gasteiger partial charge < -0.3 is 4.74 Å². The second-order valence-corrected chi connectivity index (χ2v) is 3.89. The van der Waals surface area contributed by atoms with Gasteiger partial charge in [0.2, 0.25) is 0 Å². The van der Waals surface area contributed by atoms with E-state index >= 15 is 0 Å². The highest BCUT2D eigenvalue weighted by molar-refractivity contribution is 5.96. The van der Waals surface area contributed by atoms with Gasteiger partial charge in [-0.15, -0.1) is 0 Å². The van der Waals surface area contributed by atoms with Gasteiger partial charge in [-0.1, -0.05) is 31.2 Å². The monoisotopic (exact) mass is 233 g/mol. The summed E-state index contributed by atoms with van der Waals surface area (Å²) >= 11 is 0. The number of Topliss-reactive ketones (excluding diaryl/α,β-unsaturated/α-hetero) is 1. The lowest BCUT2D eigenvalue weighted by molar-refractivity contribution is -0.144. The molecule has 0 spiro atoms. The van der Waals surface area contributed by atoms with E-state index in [1.165, 1.54) is 6.92 Å². The van der Waals surface area contributed by atoms with E-state index in [0.717, 1.165) is 12.0 Å². The van der Waals surface area contributed by atoms with Crippen LogP contribution in [0.3, 0.4) is 0 Å². The van der Waals surface area contributed by atoms with Crippen LogP contribution in [0.5, 0.6) is 0 Å². The van der Waals surface area contributed by atoms with E-state index in [1.54, 1.807) is 24.3 Å². The third-order valence-corrected chi connectivity index (χ3v) is 2.39. The Kier molecular flexibility index (Phi) is 4.88. The highest BCUT2D eigenvalue weighted by Crippen LogP contribution is 2.17. The lowest BCUT2D eigenvalue weighted by atomic mass is 10.0. The van der Waals surface area contributed by atoms with E-state index in [9.17, 15) is 9.59 Å². The molecule has 0 N–H and O–H groups in total. The van der Waals surface area contributed by atoms with Gasteiger partial charge >= 0.3 is 5.97 Å². The molecule has 0 bridgehead atoms. The van der Waals surface area contributed by atoms with Crippen molar-refractivity contribution in [3.05, 3.63) is 42.3 Å². The molecule has 0 saturated heterocycles. The molecule has 3 heteroatoms. The van der Waals surface area contributed by atoms with Gasteiger partial charge in [-0.05, 0) is 18.9 Å². The lowest BCUT2D eigenvalue weighted by Crippen LogP contribution is -2.05. The molecule has 1 aromatic carbocycles. The van der Waals surface area contributed by atoms with Crippen LogP contribution in [0, 0.1) is 6.92 Å². The maximum absolute atomic E-state index is 11.6. The van der Waals surface area contributed by atoms with E-state index in [1.807, 2.05) is 6.92 Å². The first kappa shape index (κ1) is 13.4. The molecule has 0 fully saturated rings. The Bertz CT molecular complexity index is 392. The number of hydrogen-bond acceptors (Lipinski definition) is 3. The first-order valence-electron chi connectivity index (χ1n) is 5.68. The van der Waals surface area contributed by atoms with Crippen LogP contribution in [0.2, 0.25) is 0 Å². The molecule has 0 amide bonds. The Morgan fingerprint density at radius 3 is 2.35 bits per heavy atom.